The fraction of sp³-hybridized carbons (Fsp3) is 0.0702. The molecule has 2 aliphatic rings. The van der Waals surface area contributed by atoms with E-state index >= 15 is 0 Å². The van der Waals surface area contributed by atoms with Gasteiger partial charge < -0.3 is 0 Å². The summed E-state index contributed by atoms with van der Waals surface area (Å²) in [6, 6.07) is 72.6. The molecule has 1 spiro atoms. The van der Waals surface area contributed by atoms with Crippen LogP contribution in [0.15, 0.2) is 200 Å². The maximum atomic E-state index is 5.22. The Hall–Kier alpha value is -7.49. The van der Waals surface area contributed by atoms with Gasteiger partial charge in [-0.05, 0) is 89.3 Å². The van der Waals surface area contributed by atoms with E-state index in [1.807, 2.05) is 18.2 Å². The first-order valence-electron chi connectivity index (χ1n) is 20.8. The average Bonchev–Trinajstić information content (AvgIpc) is 3.62. The van der Waals surface area contributed by atoms with Gasteiger partial charge in [0.1, 0.15) is 0 Å². The van der Waals surface area contributed by atoms with Crippen molar-refractivity contribution in [1.29, 1.82) is 0 Å². The molecule has 9 aromatic carbocycles. The van der Waals surface area contributed by atoms with Crippen molar-refractivity contribution in [3.8, 4) is 56.4 Å². The second-order valence-electron chi connectivity index (χ2n) is 16.7. The highest BCUT2D eigenvalue weighted by Gasteiger charge is 2.53. The van der Waals surface area contributed by atoms with Crippen molar-refractivity contribution in [3.63, 3.8) is 0 Å². The van der Waals surface area contributed by atoms with E-state index in [1.54, 1.807) is 0 Å². The maximum absolute atomic E-state index is 5.22. The van der Waals surface area contributed by atoms with Crippen LogP contribution in [0.4, 0.5) is 0 Å². The SMILES string of the molecule is CC1(C)c2ccccc2C2(c3ccccc3-c3c(-c4cccc(-c5nc(-c6ccccc6)nc(-c6ccc7c(ccc8ccccc87)c6)n5)c4)cccc32)c2ccccc21. The fourth-order valence-corrected chi connectivity index (χ4v) is 10.5. The molecule has 0 radical (unpaired) electrons. The molecule has 0 unspecified atom stereocenters. The zero-order valence-electron chi connectivity index (χ0n) is 33.4. The first-order valence-corrected chi connectivity index (χ1v) is 20.8. The van der Waals surface area contributed by atoms with E-state index in [4.69, 9.17) is 15.0 Å². The summed E-state index contributed by atoms with van der Waals surface area (Å²) in [6.07, 6.45) is 0. The third-order valence-corrected chi connectivity index (χ3v) is 13.2. The third kappa shape index (κ3) is 4.93. The van der Waals surface area contributed by atoms with E-state index in [9.17, 15) is 0 Å². The van der Waals surface area contributed by atoms with E-state index in [1.165, 1.54) is 66.2 Å². The van der Waals surface area contributed by atoms with Crippen LogP contribution in [0, 0.1) is 0 Å². The van der Waals surface area contributed by atoms with E-state index in [2.05, 4.69) is 196 Å². The lowest BCUT2D eigenvalue weighted by atomic mass is 9.55. The summed E-state index contributed by atoms with van der Waals surface area (Å²) >= 11 is 0. The molecule has 3 heteroatoms. The molecule has 0 saturated heterocycles. The lowest BCUT2D eigenvalue weighted by Crippen LogP contribution is -2.40. The van der Waals surface area contributed by atoms with Crippen molar-refractivity contribution >= 4 is 21.5 Å². The molecule has 1 aromatic heterocycles. The molecule has 0 fully saturated rings. The van der Waals surface area contributed by atoms with Gasteiger partial charge in [0.2, 0.25) is 0 Å². The van der Waals surface area contributed by atoms with E-state index in [-0.39, 0.29) is 5.41 Å². The quantitative estimate of drug-likeness (QED) is 0.168. The van der Waals surface area contributed by atoms with Crippen molar-refractivity contribution in [2.24, 2.45) is 0 Å². The molecule has 12 rings (SSSR count). The smallest absolute Gasteiger partial charge is 0.164 e. The number of fused-ring (bicyclic) bond motifs is 12. The number of nitrogens with zero attached hydrogens (tertiary/aromatic N) is 3. The summed E-state index contributed by atoms with van der Waals surface area (Å²) in [7, 11) is 0. The Morgan fingerprint density at radius 2 is 0.817 bits per heavy atom. The largest absolute Gasteiger partial charge is 0.208 e. The van der Waals surface area contributed by atoms with Crippen LogP contribution in [0.3, 0.4) is 0 Å². The Morgan fingerprint density at radius 3 is 1.57 bits per heavy atom. The maximum Gasteiger partial charge on any atom is 0.164 e. The van der Waals surface area contributed by atoms with Gasteiger partial charge in [-0.2, -0.15) is 0 Å². The van der Waals surface area contributed by atoms with Crippen LogP contribution in [0.1, 0.15) is 47.2 Å². The van der Waals surface area contributed by atoms with Crippen molar-refractivity contribution in [2.45, 2.75) is 24.7 Å². The molecular weight excluding hydrogens is 727 g/mol. The zero-order chi connectivity index (χ0) is 40.0. The molecule has 1 heterocycles. The highest BCUT2D eigenvalue weighted by Crippen LogP contribution is 2.63. The topological polar surface area (TPSA) is 38.7 Å². The molecule has 0 saturated carbocycles. The summed E-state index contributed by atoms with van der Waals surface area (Å²) in [5, 5.41) is 4.83. The molecule has 282 valence electrons. The molecule has 60 heavy (non-hydrogen) atoms. The van der Waals surface area contributed by atoms with Crippen molar-refractivity contribution in [2.75, 3.05) is 0 Å². The number of aromatic nitrogens is 3. The van der Waals surface area contributed by atoms with Crippen molar-refractivity contribution in [1.82, 2.24) is 15.0 Å². The predicted octanol–water partition coefficient (Wildman–Crippen LogP) is 13.8. The molecule has 0 atom stereocenters. The minimum absolute atomic E-state index is 0.148. The van der Waals surface area contributed by atoms with Crippen LogP contribution in [0.25, 0.3) is 78.0 Å². The monoisotopic (exact) mass is 765 g/mol. The summed E-state index contributed by atoms with van der Waals surface area (Å²) in [5.41, 5.74) is 15.2. The van der Waals surface area contributed by atoms with Gasteiger partial charge in [0.15, 0.2) is 17.5 Å². The Morgan fingerprint density at radius 1 is 0.317 bits per heavy atom. The van der Waals surface area contributed by atoms with Crippen molar-refractivity contribution in [3.05, 3.63) is 234 Å². The van der Waals surface area contributed by atoms with E-state index < -0.39 is 5.41 Å². The summed E-state index contributed by atoms with van der Waals surface area (Å²) in [4.78, 5) is 15.5. The molecule has 3 nitrogen and oxygen atoms in total. The first-order chi connectivity index (χ1) is 29.5. The van der Waals surface area contributed by atoms with Gasteiger partial charge in [-0.25, -0.2) is 15.0 Å². The Bertz CT molecular complexity index is 3310. The van der Waals surface area contributed by atoms with Crippen LogP contribution in [0.2, 0.25) is 0 Å². The summed E-state index contributed by atoms with van der Waals surface area (Å²) in [5.74, 6) is 1.93. The molecule has 0 aliphatic heterocycles. The minimum Gasteiger partial charge on any atom is -0.208 e. The molecule has 2 aliphatic carbocycles. The highest BCUT2D eigenvalue weighted by atomic mass is 15.0. The van der Waals surface area contributed by atoms with Crippen LogP contribution in [-0.4, -0.2) is 15.0 Å². The summed E-state index contributed by atoms with van der Waals surface area (Å²) in [6.45, 7) is 4.75. The Labute approximate surface area is 349 Å². The second-order valence-corrected chi connectivity index (χ2v) is 16.7. The van der Waals surface area contributed by atoms with Gasteiger partial charge in [0.05, 0.1) is 5.41 Å². The fourth-order valence-electron chi connectivity index (χ4n) is 10.5. The molecule has 0 amide bonds. The zero-order valence-corrected chi connectivity index (χ0v) is 33.4. The third-order valence-electron chi connectivity index (χ3n) is 13.2. The number of hydrogen-bond acceptors (Lipinski definition) is 3. The van der Waals surface area contributed by atoms with E-state index in [0.717, 1.165) is 27.6 Å². The molecule has 0 bridgehead atoms. The van der Waals surface area contributed by atoms with Gasteiger partial charge in [-0.15, -0.1) is 0 Å². The standard InChI is InChI=1S/C57H39N3/c1-56(2)47-25-10-12-27-49(47)57(50-28-13-11-26-48(50)56)46-24-9-8-22-45(46)52-44(23-15-29-51(52)57)38-19-14-20-40(34-38)54-58-53(37-17-4-3-5-18-37)59-55(60-54)41-32-33-43-39(35-41)31-30-36-16-6-7-21-42(36)43/h3-35H,1-2H3. The van der Waals surface area contributed by atoms with E-state index in [0.29, 0.717) is 17.5 Å². The summed E-state index contributed by atoms with van der Waals surface area (Å²) < 4.78 is 0. The van der Waals surface area contributed by atoms with Crippen LogP contribution >= 0.6 is 0 Å². The van der Waals surface area contributed by atoms with Crippen LogP contribution in [-0.2, 0) is 10.8 Å². The van der Waals surface area contributed by atoms with Crippen LogP contribution in [0.5, 0.6) is 0 Å². The molecule has 0 N–H and O–H groups in total. The Balaban J connectivity index is 1.05. The van der Waals surface area contributed by atoms with Gasteiger partial charge in [-0.1, -0.05) is 202 Å². The van der Waals surface area contributed by atoms with Crippen LogP contribution < -0.4 is 0 Å². The predicted molar refractivity (Wildman–Crippen MR) is 246 cm³/mol. The Kier molecular flexibility index (Phi) is 7.49. The number of rotatable bonds is 4. The average molecular weight is 766 g/mol. The van der Waals surface area contributed by atoms with Gasteiger partial charge >= 0.3 is 0 Å². The number of hydrogen-bond donors (Lipinski definition) is 0. The van der Waals surface area contributed by atoms with Gasteiger partial charge in [-0.3, -0.25) is 0 Å². The molecule has 10 aromatic rings. The molecular formula is C57H39N3. The van der Waals surface area contributed by atoms with Gasteiger partial charge in [0, 0.05) is 22.1 Å². The highest BCUT2D eigenvalue weighted by molar-refractivity contribution is 6.08. The van der Waals surface area contributed by atoms with Gasteiger partial charge in [0.25, 0.3) is 0 Å². The lowest BCUT2D eigenvalue weighted by Gasteiger charge is -2.46. The second kappa shape index (κ2) is 13.0. The number of benzene rings is 9. The minimum atomic E-state index is -0.456. The first kappa shape index (κ1) is 34.5. The lowest BCUT2D eigenvalue weighted by molar-refractivity contribution is 0.563. The van der Waals surface area contributed by atoms with Crippen molar-refractivity contribution < 1.29 is 0 Å². The normalized spacial score (nSPS) is 14.1.